The summed E-state index contributed by atoms with van der Waals surface area (Å²) in [6.07, 6.45) is 0.713. The Morgan fingerprint density at radius 1 is 1.42 bits per heavy atom. The van der Waals surface area contributed by atoms with Gasteiger partial charge in [0, 0.05) is 6.42 Å². The number of hydrogen-bond donors (Lipinski definition) is 3. The normalized spacial score (nSPS) is 22.8. The van der Waals surface area contributed by atoms with E-state index in [-0.39, 0.29) is 12.3 Å². The molecule has 3 N–H and O–H groups in total. The molecule has 72 valence electrons. The van der Waals surface area contributed by atoms with Crippen molar-refractivity contribution in [3.63, 3.8) is 0 Å². The molecule has 0 bridgehead atoms. The molecule has 1 fully saturated rings. The van der Waals surface area contributed by atoms with E-state index in [9.17, 15) is 0 Å². The highest BCUT2D eigenvalue weighted by molar-refractivity contribution is 7.58. The van der Waals surface area contributed by atoms with Crippen LogP contribution >= 0.6 is 7.94 Å². The van der Waals surface area contributed by atoms with Crippen LogP contribution in [0.2, 0.25) is 0 Å². The summed E-state index contributed by atoms with van der Waals surface area (Å²) in [5.41, 5.74) is 0. The van der Waals surface area contributed by atoms with E-state index in [1.807, 2.05) is 0 Å². The van der Waals surface area contributed by atoms with Gasteiger partial charge in [-0.1, -0.05) is 0 Å². The Labute approximate surface area is 71.5 Å². The summed E-state index contributed by atoms with van der Waals surface area (Å²) >= 11 is 0. The van der Waals surface area contributed by atoms with Crippen LogP contribution in [0.1, 0.15) is 6.42 Å². The van der Waals surface area contributed by atoms with Gasteiger partial charge in [0.2, 0.25) is 0 Å². The van der Waals surface area contributed by atoms with E-state index in [0.29, 0.717) is 19.6 Å². The van der Waals surface area contributed by atoms with Gasteiger partial charge in [-0.15, -0.1) is 0 Å². The van der Waals surface area contributed by atoms with E-state index in [1.54, 1.807) is 0 Å². The lowest BCUT2D eigenvalue weighted by Gasteiger charge is -2.03. The van der Waals surface area contributed by atoms with E-state index in [2.05, 4.69) is 0 Å². The molecule has 0 aliphatic carbocycles. The van der Waals surface area contributed by atoms with Crippen LogP contribution in [0.25, 0.3) is 0 Å². The standard InChI is InChI=1S/C6H14O5P/c7-12(8,9)3-1-2-10-4-6-5-11-6/h6-9H,1-5H2/q+1. The van der Waals surface area contributed by atoms with Crippen molar-refractivity contribution in [2.75, 3.05) is 26.0 Å². The van der Waals surface area contributed by atoms with Crippen molar-refractivity contribution >= 4 is 7.94 Å². The molecule has 0 spiro atoms. The molecule has 1 rings (SSSR count). The second-order valence-corrected chi connectivity index (χ2v) is 4.63. The fourth-order valence-electron chi connectivity index (χ4n) is 0.758. The third-order valence-electron chi connectivity index (χ3n) is 1.45. The summed E-state index contributed by atoms with van der Waals surface area (Å²) in [7, 11) is -3.58. The zero-order valence-corrected chi connectivity index (χ0v) is 7.61. The van der Waals surface area contributed by atoms with Crippen molar-refractivity contribution in [2.45, 2.75) is 12.5 Å². The van der Waals surface area contributed by atoms with Crippen molar-refractivity contribution < 1.29 is 24.2 Å². The Morgan fingerprint density at radius 2 is 2.08 bits per heavy atom. The average molecular weight is 197 g/mol. The molecule has 6 heteroatoms. The van der Waals surface area contributed by atoms with E-state index in [1.165, 1.54) is 0 Å². The second-order valence-electron chi connectivity index (χ2n) is 2.80. The first-order chi connectivity index (χ1) is 5.58. The summed E-state index contributed by atoms with van der Waals surface area (Å²) in [6, 6.07) is 0. The zero-order chi connectivity index (χ0) is 9.03. The minimum absolute atomic E-state index is 0.0124. The van der Waals surface area contributed by atoms with Crippen molar-refractivity contribution in [3.8, 4) is 0 Å². The Bertz CT molecular complexity index is 130. The third-order valence-corrected chi connectivity index (χ3v) is 2.37. The molecule has 0 aromatic rings. The van der Waals surface area contributed by atoms with Crippen LogP contribution in [0.3, 0.4) is 0 Å². The van der Waals surface area contributed by atoms with Gasteiger partial charge in [0.1, 0.15) is 12.3 Å². The molecule has 1 aliphatic heterocycles. The predicted molar refractivity (Wildman–Crippen MR) is 43.6 cm³/mol. The molecule has 0 amide bonds. The second kappa shape index (κ2) is 4.46. The fourth-order valence-corrected chi connectivity index (χ4v) is 1.31. The van der Waals surface area contributed by atoms with Gasteiger partial charge in [-0.25, -0.2) is 0 Å². The van der Waals surface area contributed by atoms with Gasteiger partial charge < -0.3 is 9.47 Å². The monoisotopic (exact) mass is 197 g/mol. The van der Waals surface area contributed by atoms with Gasteiger partial charge in [0.15, 0.2) is 0 Å². The zero-order valence-electron chi connectivity index (χ0n) is 6.72. The van der Waals surface area contributed by atoms with E-state index in [0.717, 1.165) is 6.61 Å². The number of rotatable bonds is 6. The van der Waals surface area contributed by atoms with Crippen LogP contribution in [0.5, 0.6) is 0 Å². The largest absolute Gasteiger partial charge is 0.403 e. The van der Waals surface area contributed by atoms with Gasteiger partial charge in [0.25, 0.3) is 0 Å². The lowest BCUT2D eigenvalue weighted by atomic mass is 10.5. The SMILES string of the molecule is O[P+](O)(O)CCCOCC1CO1. The summed E-state index contributed by atoms with van der Waals surface area (Å²) in [6.45, 7) is 1.76. The Hall–Kier alpha value is 0.230. The minimum atomic E-state index is -3.58. The number of hydrogen-bond acceptors (Lipinski definition) is 5. The van der Waals surface area contributed by atoms with Crippen LogP contribution in [-0.2, 0) is 9.47 Å². The highest BCUT2D eigenvalue weighted by Gasteiger charge is 2.28. The molecule has 1 unspecified atom stereocenters. The predicted octanol–water partition coefficient (Wildman–Crippen LogP) is -0.469. The maximum Gasteiger partial charge on any atom is 0.403 e. The highest BCUT2D eigenvalue weighted by atomic mass is 31.2. The quantitative estimate of drug-likeness (QED) is 0.304. The topological polar surface area (TPSA) is 82.5 Å². The molecule has 1 saturated heterocycles. The van der Waals surface area contributed by atoms with Crippen LogP contribution in [0, 0.1) is 0 Å². The van der Waals surface area contributed by atoms with Crippen molar-refractivity contribution in [1.29, 1.82) is 0 Å². The van der Waals surface area contributed by atoms with E-state index < -0.39 is 7.94 Å². The Morgan fingerprint density at radius 3 is 2.58 bits per heavy atom. The molecule has 0 aromatic heterocycles. The van der Waals surface area contributed by atoms with Gasteiger partial charge in [0.05, 0.1) is 19.8 Å². The molecule has 1 aliphatic rings. The van der Waals surface area contributed by atoms with Crippen LogP contribution in [-0.4, -0.2) is 46.8 Å². The lowest BCUT2D eigenvalue weighted by Crippen LogP contribution is -2.05. The fraction of sp³-hybridized carbons (Fsp3) is 1.00. The first-order valence-corrected chi connectivity index (χ1v) is 5.67. The average Bonchev–Trinajstić information content (AvgIpc) is 2.68. The molecule has 1 heterocycles. The minimum Gasteiger partial charge on any atom is -0.379 e. The van der Waals surface area contributed by atoms with Gasteiger partial charge in [-0.2, -0.15) is 14.7 Å². The maximum atomic E-state index is 8.58. The summed E-state index contributed by atoms with van der Waals surface area (Å²) in [4.78, 5) is 25.7. The van der Waals surface area contributed by atoms with Crippen LogP contribution in [0.4, 0.5) is 0 Å². The van der Waals surface area contributed by atoms with Crippen LogP contribution in [0.15, 0.2) is 0 Å². The summed E-state index contributed by atoms with van der Waals surface area (Å²) < 4.78 is 10.0. The van der Waals surface area contributed by atoms with Crippen molar-refractivity contribution in [1.82, 2.24) is 0 Å². The first kappa shape index (κ1) is 10.3. The molecular formula is C6H14O5P+. The van der Waals surface area contributed by atoms with Gasteiger partial charge in [-0.05, 0) is 0 Å². The van der Waals surface area contributed by atoms with Gasteiger partial charge in [-0.3, -0.25) is 0 Å². The van der Waals surface area contributed by atoms with E-state index >= 15 is 0 Å². The maximum absolute atomic E-state index is 8.58. The molecule has 1 atom stereocenters. The number of ether oxygens (including phenoxy) is 2. The number of epoxide rings is 1. The Balaban J connectivity index is 1.82. The van der Waals surface area contributed by atoms with E-state index in [4.69, 9.17) is 24.2 Å². The molecule has 0 saturated carbocycles. The van der Waals surface area contributed by atoms with Crippen molar-refractivity contribution in [2.24, 2.45) is 0 Å². The molecule has 0 aromatic carbocycles. The molecule has 0 radical (unpaired) electrons. The smallest absolute Gasteiger partial charge is 0.379 e. The van der Waals surface area contributed by atoms with Crippen LogP contribution < -0.4 is 0 Å². The molecular weight excluding hydrogens is 183 g/mol. The summed E-state index contributed by atoms with van der Waals surface area (Å²) in [5, 5.41) is 0. The summed E-state index contributed by atoms with van der Waals surface area (Å²) in [5.74, 6) is 0. The molecule has 12 heavy (non-hydrogen) atoms. The highest BCUT2D eigenvalue weighted by Crippen LogP contribution is 2.44. The Kier molecular flexibility index (Phi) is 3.83. The van der Waals surface area contributed by atoms with Gasteiger partial charge >= 0.3 is 7.94 Å². The molecule has 5 nitrogen and oxygen atoms in total. The van der Waals surface area contributed by atoms with Crippen molar-refractivity contribution in [3.05, 3.63) is 0 Å². The first-order valence-electron chi connectivity index (χ1n) is 3.83. The third kappa shape index (κ3) is 5.83. The lowest BCUT2D eigenvalue weighted by molar-refractivity contribution is 0.116.